The summed E-state index contributed by atoms with van der Waals surface area (Å²) in [7, 11) is 0. The highest BCUT2D eigenvalue weighted by Gasteiger charge is 2.28. The fourth-order valence-corrected chi connectivity index (χ4v) is 2.57. The molecule has 24 heavy (non-hydrogen) atoms. The molecule has 1 atom stereocenters. The van der Waals surface area contributed by atoms with E-state index in [1.54, 1.807) is 25.7 Å². The van der Waals surface area contributed by atoms with Gasteiger partial charge in [0.2, 0.25) is 0 Å². The first kappa shape index (κ1) is 18.4. The van der Waals surface area contributed by atoms with Crippen molar-refractivity contribution < 1.29 is 23.4 Å². The summed E-state index contributed by atoms with van der Waals surface area (Å²) >= 11 is 0. The zero-order valence-electron chi connectivity index (χ0n) is 14.5. The zero-order chi connectivity index (χ0) is 18.1. The van der Waals surface area contributed by atoms with E-state index in [0.29, 0.717) is 26.2 Å². The average Bonchev–Trinajstić information content (AvgIpc) is 2.45. The van der Waals surface area contributed by atoms with E-state index in [0.717, 1.165) is 12.1 Å². The SMILES string of the molecule is CC(O)c1cc(F)c(N2CCN(C(=O)OC(C)(C)C)CC2)c(F)c1. The van der Waals surface area contributed by atoms with Crippen molar-refractivity contribution in [2.45, 2.75) is 39.4 Å². The van der Waals surface area contributed by atoms with E-state index in [-0.39, 0.29) is 11.3 Å². The van der Waals surface area contributed by atoms with Gasteiger partial charge in [-0.15, -0.1) is 0 Å². The lowest BCUT2D eigenvalue weighted by Gasteiger charge is -2.37. The average molecular weight is 342 g/mol. The van der Waals surface area contributed by atoms with Gasteiger partial charge in [0.05, 0.1) is 6.10 Å². The quantitative estimate of drug-likeness (QED) is 0.897. The molecule has 1 saturated heterocycles. The van der Waals surface area contributed by atoms with Gasteiger partial charge in [-0.2, -0.15) is 0 Å². The molecule has 0 spiro atoms. The van der Waals surface area contributed by atoms with Crippen LogP contribution in [0.3, 0.4) is 0 Å². The number of ether oxygens (including phenoxy) is 1. The fraction of sp³-hybridized carbons (Fsp3) is 0.588. The Morgan fingerprint density at radius 3 is 2.08 bits per heavy atom. The summed E-state index contributed by atoms with van der Waals surface area (Å²) in [6.45, 7) is 8.08. The van der Waals surface area contributed by atoms with E-state index in [1.807, 2.05) is 0 Å². The molecule has 0 bridgehead atoms. The van der Waals surface area contributed by atoms with Crippen molar-refractivity contribution >= 4 is 11.8 Å². The second kappa shape index (κ2) is 6.93. The summed E-state index contributed by atoms with van der Waals surface area (Å²) in [6, 6.07) is 2.28. The standard InChI is InChI=1S/C17H24F2N2O3/c1-11(22)12-9-13(18)15(14(19)10-12)20-5-7-21(8-6-20)16(23)24-17(2,3)4/h9-11,22H,5-8H2,1-4H3. The van der Waals surface area contributed by atoms with Crippen molar-refractivity contribution in [2.24, 2.45) is 0 Å². The first-order valence-electron chi connectivity index (χ1n) is 7.98. The van der Waals surface area contributed by atoms with Crippen LogP contribution in [0.25, 0.3) is 0 Å². The molecule has 5 nitrogen and oxygen atoms in total. The Kier molecular flexibility index (Phi) is 5.32. The molecule has 7 heteroatoms. The Morgan fingerprint density at radius 1 is 1.17 bits per heavy atom. The van der Waals surface area contributed by atoms with E-state index in [9.17, 15) is 18.7 Å². The molecule has 1 aliphatic heterocycles. The molecule has 1 aliphatic rings. The molecule has 1 fully saturated rings. The Hall–Kier alpha value is -1.89. The molecule has 134 valence electrons. The van der Waals surface area contributed by atoms with Crippen LogP contribution in [0.4, 0.5) is 19.3 Å². The number of anilines is 1. The van der Waals surface area contributed by atoms with Crippen molar-refractivity contribution in [3.8, 4) is 0 Å². The van der Waals surface area contributed by atoms with Gasteiger partial charge in [0.15, 0.2) is 0 Å². The summed E-state index contributed by atoms with van der Waals surface area (Å²) in [5.41, 5.74) is -0.507. The molecule has 1 unspecified atom stereocenters. The molecule has 0 aliphatic carbocycles. The number of rotatable bonds is 2. The maximum absolute atomic E-state index is 14.2. The van der Waals surface area contributed by atoms with Gasteiger partial charge in [-0.25, -0.2) is 13.6 Å². The van der Waals surface area contributed by atoms with Crippen LogP contribution >= 0.6 is 0 Å². The van der Waals surface area contributed by atoms with Crippen LogP contribution in [-0.4, -0.2) is 47.9 Å². The molecule has 0 radical (unpaired) electrons. The number of aliphatic hydroxyl groups excluding tert-OH is 1. The minimum atomic E-state index is -0.938. The molecule has 0 aromatic heterocycles. The summed E-state index contributed by atoms with van der Waals surface area (Å²) in [5, 5.41) is 9.46. The summed E-state index contributed by atoms with van der Waals surface area (Å²) in [6.07, 6.45) is -1.36. The highest BCUT2D eigenvalue weighted by molar-refractivity contribution is 5.68. The van der Waals surface area contributed by atoms with Gasteiger partial charge in [-0.1, -0.05) is 0 Å². The molecule has 1 aromatic carbocycles. The normalized spacial score (nSPS) is 17.0. The highest BCUT2D eigenvalue weighted by atomic mass is 19.1. The lowest BCUT2D eigenvalue weighted by atomic mass is 10.1. The molecular weight excluding hydrogens is 318 g/mol. The Balaban J connectivity index is 2.06. The van der Waals surface area contributed by atoms with Gasteiger partial charge in [0.1, 0.15) is 22.9 Å². The van der Waals surface area contributed by atoms with Crippen molar-refractivity contribution in [3.05, 3.63) is 29.3 Å². The van der Waals surface area contributed by atoms with Gasteiger partial charge in [-0.05, 0) is 45.4 Å². The van der Waals surface area contributed by atoms with E-state index >= 15 is 0 Å². The van der Waals surface area contributed by atoms with Gasteiger partial charge >= 0.3 is 6.09 Å². The largest absolute Gasteiger partial charge is 0.444 e. The molecular formula is C17H24F2N2O3. The molecule has 1 N–H and O–H groups in total. The lowest BCUT2D eigenvalue weighted by molar-refractivity contribution is 0.0240. The van der Waals surface area contributed by atoms with Crippen LogP contribution in [0.15, 0.2) is 12.1 Å². The number of carbonyl (C=O) groups excluding carboxylic acids is 1. The van der Waals surface area contributed by atoms with E-state index in [2.05, 4.69) is 0 Å². The van der Waals surface area contributed by atoms with Gasteiger partial charge in [0, 0.05) is 26.2 Å². The summed E-state index contributed by atoms with van der Waals surface area (Å²) in [5.74, 6) is -1.42. The maximum Gasteiger partial charge on any atom is 0.410 e. The number of benzene rings is 1. The molecule has 2 rings (SSSR count). The Labute approximate surface area is 140 Å². The van der Waals surface area contributed by atoms with Crippen LogP contribution in [0.5, 0.6) is 0 Å². The smallest absolute Gasteiger partial charge is 0.410 e. The highest BCUT2D eigenvalue weighted by Crippen LogP contribution is 2.28. The Bertz CT molecular complexity index is 583. The number of nitrogens with zero attached hydrogens (tertiary/aromatic N) is 2. The van der Waals surface area contributed by atoms with Crippen LogP contribution in [0.1, 0.15) is 39.4 Å². The second-order valence-corrected chi connectivity index (χ2v) is 6.96. The van der Waals surface area contributed by atoms with E-state index in [1.165, 1.54) is 11.8 Å². The van der Waals surface area contributed by atoms with Crippen LogP contribution < -0.4 is 4.90 Å². The van der Waals surface area contributed by atoms with Crippen LogP contribution in [0.2, 0.25) is 0 Å². The number of amides is 1. The second-order valence-electron chi connectivity index (χ2n) is 6.96. The molecule has 1 heterocycles. The number of carbonyl (C=O) groups is 1. The van der Waals surface area contributed by atoms with Crippen molar-refractivity contribution in [1.82, 2.24) is 4.90 Å². The third-order valence-corrected chi connectivity index (χ3v) is 3.77. The number of hydrogen-bond acceptors (Lipinski definition) is 4. The van der Waals surface area contributed by atoms with Gasteiger partial charge in [-0.3, -0.25) is 0 Å². The van der Waals surface area contributed by atoms with Crippen molar-refractivity contribution in [3.63, 3.8) is 0 Å². The van der Waals surface area contributed by atoms with Crippen LogP contribution in [-0.2, 0) is 4.74 Å². The van der Waals surface area contributed by atoms with Crippen molar-refractivity contribution in [1.29, 1.82) is 0 Å². The van der Waals surface area contributed by atoms with E-state index < -0.39 is 29.4 Å². The predicted octanol–water partition coefficient (Wildman–Crippen LogP) is 3.08. The first-order chi connectivity index (χ1) is 11.1. The monoisotopic (exact) mass is 342 g/mol. The molecule has 1 amide bonds. The number of aliphatic hydroxyl groups is 1. The van der Waals surface area contributed by atoms with Crippen molar-refractivity contribution in [2.75, 3.05) is 31.1 Å². The predicted molar refractivity (Wildman–Crippen MR) is 87.0 cm³/mol. The molecule has 0 saturated carbocycles. The maximum atomic E-state index is 14.2. The minimum absolute atomic E-state index is 0.122. The zero-order valence-corrected chi connectivity index (χ0v) is 14.5. The third kappa shape index (κ3) is 4.35. The molecule has 1 aromatic rings. The number of piperazine rings is 1. The first-order valence-corrected chi connectivity index (χ1v) is 7.98. The number of halogens is 2. The third-order valence-electron chi connectivity index (χ3n) is 3.77. The topological polar surface area (TPSA) is 53.0 Å². The minimum Gasteiger partial charge on any atom is -0.444 e. The summed E-state index contributed by atoms with van der Waals surface area (Å²) < 4.78 is 33.8. The summed E-state index contributed by atoms with van der Waals surface area (Å²) in [4.78, 5) is 15.1. The van der Waals surface area contributed by atoms with Crippen LogP contribution in [0, 0.1) is 11.6 Å². The van der Waals surface area contributed by atoms with Gasteiger partial charge < -0.3 is 19.6 Å². The fourth-order valence-electron chi connectivity index (χ4n) is 2.57. The number of hydrogen-bond donors (Lipinski definition) is 1. The van der Waals surface area contributed by atoms with E-state index in [4.69, 9.17) is 4.74 Å². The Morgan fingerprint density at radius 2 is 1.67 bits per heavy atom. The lowest BCUT2D eigenvalue weighted by Crippen LogP contribution is -2.50. The van der Waals surface area contributed by atoms with Gasteiger partial charge in [0.25, 0.3) is 0 Å².